The molecule has 0 aliphatic carbocycles. The predicted octanol–water partition coefficient (Wildman–Crippen LogP) is 6.95. The van der Waals surface area contributed by atoms with E-state index in [9.17, 15) is 4.79 Å². The van der Waals surface area contributed by atoms with Gasteiger partial charge in [0.25, 0.3) is 0 Å². The molecule has 0 aliphatic heterocycles. The van der Waals surface area contributed by atoms with Crippen LogP contribution in [0, 0.1) is 6.92 Å². The maximum Gasteiger partial charge on any atom is 0.228 e. The van der Waals surface area contributed by atoms with E-state index in [2.05, 4.69) is 56.4 Å². The summed E-state index contributed by atoms with van der Waals surface area (Å²) < 4.78 is 1.19. The molecular weight excluding hydrogens is 408 g/mol. The first-order valence-corrected chi connectivity index (χ1v) is 11.7. The van der Waals surface area contributed by atoms with Crippen LogP contribution in [0.4, 0.5) is 5.69 Å². The van der Waals surface area contributed by atoms with Gasteiger partial charge in [-0.2, -0.15) is 0 Å². The second kappa shape index (κ2) is 9.02. The summed E-state index contributed by atoms with van der Waals surface area (Å²) in [6.07, 6.45) is 0.367. The Morgan fingerprint density at radius 1 is 1.03 bits per heavy atom. The summed E-state index contributed by atoms with van der Waals surface area (Å²) in [5, 5.41) is 4.53. The quantitative estimate of drug-likeness (QED) is 0.335. The van der Waals surface area contributed by atoms with E-state index in [0.29, 0.717) is 11.7 Å². The zero-order chi connectivity index (χ0) is 21.1. The minimum absolute atomic E-state index is 0.0116. The summed E-state index contributed by atoms with van der Waals surface area (Å²) >= 11 is 3.52. The lowest BCUT2D eigenvalue weighted by Crippen LogP contribution is -2.14. The first-order valence-electron chi connectivity index (χ1n) is 9.99. The smallest absolute Gasteiger partial charge is 0.228 e. The van der Waals surface area contributed by atoms with Crippen LogP contribution in [0.5, 0.6) is 0 Å². The van der Waals surface area contributed by atoms with Crippen molar-refractivity contribution >= 4 is 44.9 Å². The van der Waals surface area contributed by atoms with Crippen molar-refractivity contribution in [1.29, 1.82) is 0 Å². The van der Waals surface area contributed by atoms with Gasteiger partial charge < -0.3 is 5.32 Å². The lowest BCUT2D eigenvalue weighted by atomic mass is 10.1. The molecule has 0 bridgehead atoms. The number of thioether (sulfide) groups is 1. The van der Waals surface area contributed by atoms with Crippen LogP contribution in [0.25, 0.3) is 20.8 Å². The second-order valence-electron chi connectivity index (χ2n) is 7.60. The third-order valence-corrected chi connectivity index (χ3v) is 6.70. The lowest BCUT2D eigenvalue weighted by molar-refractivity contribution is -0.115. The molecule has 3 nitrogen and oxygen atoms in total. The first kappa shape index (κ1) is 20.6. The van der Waals surface area contributed by atoms with Crippen LogP contribution in [0.1, 0.15) is 25.0 Å². The SMILES string of the molecule is Cc1ccc2nc(-c3ccc(NC(=O)Cc4ccc(SC(C)C)cc4)cc3)sc2c1. The number of aryl methyl sites for hydroxylation is 1. The molecule has 0 atom stereocenters. The van der Waals surface area contributed by atoms with E-state index in [1.165, 1.54) is 15.2 Å². The molecule has 30 heavy (non-hydrogen) atoms. The number of rotatable bonds is 6. The second-order valence-corrected chi connectivity index (χ2v) is 10.3. The van der Waals surface area contributed by atoms with E-state index < -0.39 is 0 Å². The molecule has 1 aromatic heterocycles. The number of aromatic nitrogens is 1. The number of anilines is 1. The number of benzene rings is 3. The summed E-state index contributed by atoms with van der Waals surface area (Å²) in [6.45, 7) is 6.44. The Hall–Kier alpha value is -2.63. The van der Waals surface area contributed by atoms with Crippen LogP contribution in [0.2, 0.25) is 0 Å². The van der Waals surface area contributed by atoms with Gasteiger partial charge >= 0.3 is 0 Å². The number of carbonyl (C=O) groups excluding carboxylic acids is 1. The predicted molar refractivity (Wildman–Crippen MR) is 130 cm³/mol. The summed E-state index contributed by atoms with van der Waals surface area (Å²) in [4.78, 5) is 18.4. The molecule has 4 aromatic rings. The molecule has 0 unspecified atom stereocenters. The van der Waals surface area contributed by atoms with Crippen LogP contribution in [-0.4, -0.2) is 16.1 Å². The van der Waals surface area contributed by atoms with Crippen molar-refractivity contribution in [3.05, 3.63) is 77.9 Å². The average Bonchev–Trinajstić information content (AvgIpc) is 3.13. The van der Waals surface area contributed by atoms with Crippen LogP contribution in [0.3, 0.4) is 0 Å². The van der Waals surface area contributed by atoms with Gasteiger partial charge in [-0.15, -0.1) is 23.1 Å². The van der Waals surface area contributed by atoms with Crippen molar-refractivity contribution in [2.45, 2.75) is 37.3 Å². The normalized spacial score (nSPS) is 11.2. The van der Waals surface area contributed by atoms with E-state index in [0.717, 1.165) is 27.3 Å². The molecule has 0 aliphatic rings. The largest absolute Gasteiger partial charge is 0.326 e. The van der Waals surface area contributed by atoms with Crippen LogP contribution in [0.15, 0.2) is 71.6 Å². The molecule has 0 saturated heterocycles. The highest BCUT2D eigenvalue weighted by atomic mass is 32.2. The molecule has 0 fully saturated rings. The standard InChI is InChI=1S/C25H24N2OS2/c1-16(2)29-21-11-5-18(6-12-21)15-24(28)26-20-9-7-19(8-10-20)25-27-22-13-4-17(3)14-23(22)30-25/h4-14,16H,15H2,1-3H3,(H,26,28). The molecule has 152 valence electrons. The number of nitrogens with one attached hydrogen (secondary N) is 1. The van der Waals surface area contributed by atoms with Gasteiger partial charge in [0, 0.05) is 21.4 Å². The van der Waals surface area contributed by atoms with E-state index in [4.69, 9.17) is 4.98 Å². The summed E-state index contributed by atoms with van der Waals surface area (Å²) in [7, 11) is 0. The molecule has 4 rings (SSSR count). The molecule has 5 heteroatoms. The fraction of sp³-hybridized carbons (Fsp3) is 0.200. The Bertz CT molecular complexity index is 1160. The van der Waals surface area contributed by atoms with E-state index >= 15 is 0 Å². The van der Waals surface area contributed by atoms with Gasteiger partial charge in [0.05, 0.1) is 16.6 Å². The first-order chi connectivity index (χ1) is 14.5. The third kappa shape index (κ3) is 5.10. The molecule has 0 saturated carbocycles. The van der Waals surface area contributed by atoms with Gasteiger partial charge in [0.1, 0.15) is 5.01 Å². The highest BCUT2D eigenvalue weighted by molar-refractivity contribution is 7.99. The topological polar surface area (TPSA) is 42.0 Å². The molecule has 3 aromatic carbocycles. The van der Waals surface area contributed by atoms with Crippen molar-refractivity contribution in [3.63, 3.8) is 0 Å². The molecule has 1 N–H and O–H groups in total. The number of amides is 1. The Balaban J connectivity index is 1.39. The number of carbonyl (C=O) groups is 1. The fourth-order valence-corrected chi connectivity index (χ4v) is 5.11. The highest BCUT2D eigenvalue weighted by Crippen LogP contribution is 2.31. The van der Waals surface area contributed by atoms with E-state index in [-0.39, 0.29) is 5.91 Å². The van der Waals surface area contributed by atoms with Gasteiger partial charge in [0.2, 0.25) is 5.91 Å². The van der Waals surface area contributed by atoms with Gasteiger partial charge in [0.15, 0.2) is 0 Å². The molecular formula is C25H24N2OS2. The lowest BCUT2D eigenvalue weighted by Gasteiger charge is -2.08. The number of nitrogens with zero attached hydrogens (tertiary/aromatic N) is 1. The Morgan fingerprint density at radius 3 is 2.47 bits per heavy atom. The van der Waals surface area contributed by atoms with Gasteiger partial charge in [-0.25, -0.2) is 4.98 Å². The van der Waals surface area contributed by atoms with Crippen molar-refractivity contribution in [2.75, 3.05) is 5.32 Å². The summed E-state index contributed by atoms with van der Waals surface area (Å²) in [6, 6.07) is 22.4. The summed E-state index contributed by atoms with van der Waals surface area (Å²) in [5.41, 5.74) is 5.14. The molecule has 1 heterocycles. The monoisotopic (exact) mass is 432 g/mol. The fourth-order valence-electron chi connectivity index (χ4n) is 3.20. The maximum atomic E-state index is 12.4. The van der Waals surface area contributed by atoms with Gasteiger partial charge in [-0.3, -0.25) is 4.79 Å². The molecule has 1 amide bonds. The van der Waals surface area contributed by atoms with Crippen LogP contribution >= 0.6 is 23.1 Å². The minimum Gasteiger partial charge on any atom is -0.326 e. The number of thiazole rings is 1. The van der Waals surface area contributed by atoms with Crippen molar-refractivity contribution in [1.82, 2.24) is 4.98 Å². The molecule has 0 radical (unpaired) electrons. The van der Waals surface area contributed by atoms with Gasteiger partial charge in [-0.05, 0) is 66.6 Å². The van der Waals surface area contributed by atoms with Crippen LogP contribution < -0.4 is 5.32 Å². The maximum absolute atomic E-state index is 12.4. The number of hydrogen-bond acceptors (Lipinski definition) is 4. The Kier molecular flexibility index (Phi) is 6.21. The van der Waals surface area contributed by atoms with Crippen LogP contribution in [-0.2, 0) is 11.2 Å². The summed E-state index contributed by atoms with van der Waals surface area (Å²) in [5.74, 6) is -0.0116. The molecule has 0 spiro atoms. The zero-order valence-electron chi connectivity index (χ0n) is 17.3. The van der Waals surface area contributed by atoms with Crippen molar-refractivity contribution in [2.24, 2.45) is 0 Å². The minimum atomic E-state index is -0.0116. The van der Waals surface area contributed by atoms with E-state index in [1.807, 2.05) is 48.2 Å². The highest BCUT2D eigenvalue weighted by Gasteiger charge is 2.08. The van der Waals surface area contributed by atoms with Crippen molar-refractivity contribution < 1.29 is 4.79 Å². The van der Waals surface area contributed by atoms with Crippen molar-refractivity contribution in [3.8, 4) is 10.6 Å². The number of fused-ring (bicyclic) bond motifs is 1. The third-order valence-electron chi connectivity index (χ3n) is 4.62. The van der Waals surface area contributed by atoms with E-state index in [1.54, 1.807) is 11.3 Å². The zero-order valence-corrected chi connectivity index (χ0v) is 18.9. The number of hydrogen-bond donors (Lipinski definition) is 1. The average molecular weight is 433 g/mol. The van der Waals surface area contributed by atoms with Gasteiger partial charge in [-0.1, -0.05) is 32.0 Å². The Labute approximate surface area is 185 Å². The Morgan fingerprint density at radius 2 is 1.77 bits per heavy atom.